The Bertz CT molecular complexity index is 1250. The normalized spacial score (nSPS) is 12.9. The zero-order chi connectivity index (χ0) is 23.3. The Balaban J connectivity index is 1.38. The number of tetrazole rings is 1. The molecule has 5 rings (SSSR count). The van der Waals surface area contributed by atoms with Crippen molar-refractivity contribution in [1.29, 1.82) is 0 Å². The number of carbonyl (C=O) groups is 1. The Kier molecular flexibility index (Phi) is 6.87. The van der Waals surface area contributed by atoms with Crippen LogP contribution in [-0.4, -0.2) is 44.0 Å². The number of para-hydroxylation sites is 2. The molecule has 0 saturated heterocycles. The maximum atomic E-state index is 13.5. The summed E-state index contributed by atoms with van der Waals surface area (Å²) in [4.78, 5) is 21.4. The number of thiazole rings is 1. The number of fused-ring (bicyclic) bond motifs is 1. The van der Waals surface area contributed by atoms with E-state index in [9.17, 15) is 4.79 Å². The first-order chi connectivity index (χ1) is 16.7. The summed E-state index contributed by atoms with van der Waals surface area (Å²) in [5, 5.41) is 13.4. The third-order valence-corrected chi connectivity index (χ3v) is 7.71. The molecule has 174 valence electrons. The molecule has 0 radical (unpaired) electrons. The molecule has 0 unspecified atom stereocenters. The molecule has 1 amide bonds. The van der Waals surface area contributed by atoms with Crippen LogP contribution in [0.4, 0.5) is 5.13 Å². The van der Waals surface area contributed by atoms with Crippen molar-refractivity contribution in [2.75, 3.05) is 17.8 Å². The van der Waals surface area contributed by atoms with Gasteiger partial charge in [0.05, 0.1) is 25.1 Å². The minimum Gasteiger partial charge on any atom is -0.494 e. The van der Waals surface area contributed by atoms with E-state index in [0.29, 0.717) is 17.5 Å². The number of amides is 1. The lowest BCUT2D eigenvalue weighted by molar-refractivity contribution is -0.116. The minimum absolute atomic E-state index is 0.0328. The SMILES string of the molecule is COc1ccccc1-n1nnnc1SCC(=O)N(Cc1ccccc1)c1nc2c(s1)CCCC2. The van der Waals surface area contributed by atoms with E-state index in [-0.39, 0.29) is 11.7 Å². The molecular weight excluding hydrogens is 468 g/mol. The van der Waals surface area contributed by atoms with Gasteiger partial charge in [-0.15, -0.1) is 16.4 Å². The topological polar surface area (TPSA) is 86.0 Å². The number of methoxy groups -OCH3 is 1. The van der Waals surface area contributed by atoms with Crippen molar-refractivity contribution in [1.82, 2.24) is 25.2 Å². The summed E-state index contributed by atoms with van der Waals surface area (Å²) in [6.45, 7) is 0.476. The number of hydrogen-bond donors (Lipinski definition) is 0. The molecule has 2 aromatic heterocycles. The highest BCUT2D eigenvalue weighted by Crippen LogP contribution is 2.33. The number of carbonyl (C=O) groups excluding carboxylic acids is 1. The van der Waals surface area contributed by atoms with Crippen LogP contribution in [0.25, 0.3) is 5.69 Å². The van der Waals surface area contributed by atoms with E-state index < -0.39 is 0 Å². The third-order valence-electron chi connectivity index (χ3n) is 5.63. The minimum atomic E-state index is -0.0328. The largest absolute Gasteiger partial charge is 0.494 e. The summed E-state index contributed by atoms with van der Waals surface area (Å²) < 4.78 is 7.04. The number of aromatic nitrogens is 5. The van der Waals surface area contributed by atoms with E-state index in [1.54, 1.807) is 28.0 Å². The molecule has 0 N–H and O–H groups in total. The van der Waals surface area contributed by atoms with E-state index in [1.807, 2.05) is 54.6 Å². The van der Waals surface area contributed by atoms with E-state index >= 15 is 0 Å². The van der Waals surface area contributed by atoms with Crippen molar-refractivity contribution in [3.63, 3.8) is 0 Å². The van der Waals surface area contributed by atoms with Crippen LogP contribution >= 0.6 is 23.1 Å². The monoisotopic (exact) mass is 492 g/mol. The fourth-order valence-corrected chi connectivity index (χ4v) is 5.84. The Morgan fingerprint density at radius 3 is 2.74 bits per heavy atom. The van der Waals surface area contributed by atoms with Gasteiger partial charge < -0.3 is 4.74 Å². The zero-order valence-electron chi connectivity index (χ0n) is 18.8. The second-order valence-electron chi connectivity index (χ2n) is 7.87. The van der Waals surface area contributed by atoms with Crippen LogP contribution in [0, 0.1) is 0 Å². The van der Waals surface area contributed by atoms with Gasteiger partial charge in [-0.3, -0.25) is 9.69 Å². The van der Waals surface area contributed by atoms with Crippen LogP contribution in [-0.2, 0) is 24.2 Å². The second kappa shape index (κ2) is 10.4. The number of ether oxygens (including phenoxy) is 1. The summed E-state index contributed by atoms with van der Waals surface area (Å²) in [7, 11) is 1.61. The highest BCUT2D eigenvalue weighted by molar-refractivity contribution is 7.99. The summed E-state index contributed by atoms with van der Waals surface area (Å²) in [5.74, 6) is 0.809. The molecule has 0 spiro atoms. The molecule has 2 heterocycles. The summed E-state index contributed by atoms with van der Waals surface area (Å²) >= 11 is 2.94. The van der Waals surface area contributed by atoms with Crippen molar-refractivity contribution >= 4 is 34.1 Å². The van der Waals surface area contributed by atoms with Gasteiger partial charge in [-0.1, -0.05) is 54.2 Å². The van der Waals surface area contributed by atoms with Crippen LogP contribution in [0.2, 0.25) is 0 Å². The highest BCUT2D eigenvalue weighted by atomic mass is 32.2. The van der Waals surface area contributed by atoms with Crippen LogP contribution < -0.4 is 9.64 Å². The van der Waals surface area contributed by atoms with Gasteiger partial charge in [0.2, 0.25) is 11.1 Å². The quantitative estimate of drug-likeness (QED) is 0.338. The van der Waals surface area contributed by atoms with Gasteiger partial charge in [0.15, 0.2) is 5.13 Å². The lowest BCUT2D eigenvalue weighted by atomic mass is 10.0. The molecule has 2 aromatic carbocycles. The standard InChI is InChI=1S/C24H24N6O2S2/c1-32-20-13-7-6-12-19(20)30-24(26-27-28-30)33-16-22(31)29(15-17-9-3-2-4-10-17)23-25-18-11-5-8-14-21(18)34-23/h2-4,6-7,9-10,12-13H,5,8,11,14-16H2,1H3. The van der Waals surface area contributed by atoms with Gasteiger partial charge in [-0.25, -0.2) is 4.98 Å². The molecule has 0 saturated carbocycles. The fraction of sp³-hybridized carbons (Fsp3) is 0.292. The maximum absolute atomic E-state index is 13.5. The molecule has 4 aromatic rings. The first-order valence-electron chi connectivity index (χ1n) is 11.1. The first kappa shape index (κ1) is 22.5. The number of hydrogen-bond acceptors (Lipinski definition) is 8. The van der Waals surface area contributed by atoms with Crippen molar-refractivity contribution in [2.24, 2.45) is 0 Å². The predicted octanol–water partition coefficient (Wildman–Crippen LogP) is 4.33. The van der Waals surface area contributed by atoms with Gasteiger partial charge in [-0.05, 0) is 53.8 Å². The summed E-state index contributed by atoms with van der Waals surface area (Å²) in [6, 6.07) is 17.5. The zero-order valence-corrected chi connectivity index (χ0v) is 20.4. The van der Waals surface area contributed by atoms with Crippen LogP contribution in [0.15, 0.2) is 59.8 Å². The number of aryl methyl sites for hydroxylation is 2. The number of thioether (sulfide) groups is 1. The van der Waals surface area contributed by atoms with E-state index in [1.165, 1.54) is 23.1 Å². The predicted molar refractivity (Wildman–Crippen MR) is 133 cm³/mol. The third kappa shape index (κ3) is 4.83. The lowest BCUT2D eigenvalue weighted by Crippen LogP contribution is -2.32. The Morgan fingerprint density at radius 2 is 1.91 bits per heavy atom. The van der Waals surface area contributed by atoms with Crippen molar-refractivity contribution in [3.8, 4) is 11.4 Å². The summed E-state index contributed by atoms with van der Waals surface area (Å²) in [6.07, 6.45) is 4.37. The molecule has 0 bridgehead atoms. The fourth-order valence-electron chi connectivity index (χ4n) is 3.91. The van der Waals surface area contributed by atoms with Crippen LogP contribution in [0.1, 0.15) is 29.0 Å². The molecule has 1 aliphatic rings. The molecule has 34 heavy (non-hydrogen) atoms. The number of rotatable bonds is 8. The molecule has 10 heteroatoms. The van der Waals surface area contributed by atoms with E-state index in [2.05, 4.69) is 15.5 Å². The van der Waals surface area contributed by atoms with Crippen molar-refractivity contribution < 1.29 is 9.53 Å². The number of nitrogens with zero attached hydrogens (tertiary/aromatic N) is 6. The van der Waals surface area contributed by atoms with E-state index in [0.717, 1.165) is 41.3 Å². The lowest BCUT2D eigenvalue weighted by Gasteiger charge is -2.20. The molecule has 0 aliphatic heterocycles. The van der Waals surface area contributed by atoms with Crippen LogP contribution in [0.5, 0.6) is 5.75 Å². The van der Waals surface area contributed by atoms with Crippen LogP contribution in [0.3, 0.4) is 0 Å². The molecular formula is C24H24N6O2S2. The Morgan fingerprint density at radius 1 is 1.12 bits per heavy atom. The molecule has 0 fully saturated rings. The van der Waals surface area contributed by atoms with Crippen molar-refractivity contribution in [2.45, 2.75) is 37.4 Å². The van der Waals surface area contributed by atoms with Gasteiger partial charge >= 0.3 is 0 Å². The average Bonchev–Trinajstić information content (AvgIpc) is 3.53. The Labute approximate surface area is 206 Å². The molecule has 0 atom stereocenters. The molecule has 1 aliphatic carbocycles. The average molecular weight is 493 g/mol. The first-order valence-corrected chi connectivity index (χ1v) is 12.9. The smallest absolute Gasteiger partial charge is 0.239 e. The molecule has 8 nitrogen and oxygen atoms in total. The van der Waals surface area contributed by atoms with Gasteiger partial charge in [0.1, 0.15) is 11.4 Å². The van der Waals surface area contributed by atoms with Gasteiger partial charge in [0.25, 0.3) is 0 Å². The second-order valence-corrected chi connectivity index (χ2v) is 9.88. The van der Waals surface area contributed by atoms with E-state index in [4.69, 9.17) is 9.72 Å². The summed E-state index contributed by atoms with van der Waals surface area (Å²) in [5.41, 5.74) is 2.93. The maximum Gasteiger partial charge on any atom is 0.239 e. The Hall–Kier alpha value is -3.24. The van der Waals surface area contributed by atoms with Gasteiger partial charge in [0, 0.05) is 4.88 Å². The van der Waals surface area contributed by atoms with Gasteiger partial charge in [-0.2, -0.15) is 4.68 Å². The highest BCUT2D eigenvalue weighted by Gasteiger charge is 2.24. The van der Waals surface area contributed by atoms with Crippen molar-refractivity contribution in [3.05, 3.63) is 70.7 Å². The number of benzene rings is 2. The number of anilines is 1.